The molecule has 4 rings (SSSR count). The third kappa shape index (κ3) is 2.91. The van der Waals surface area contributed by atoms with Crippen LogP contribution in [0.15, 0.2) is 18.2 Å². The summed E-state index contributed by atoms with van der Waals surface area (Å²) in [5.74, 6) is 2.04. The zero-order chi connectivity index (χ0) is 16.7. The van der Waals surface area contributed by atoms with E-state index in [1.165, 1.54) is 19.3 Å². The van der Waals surface area contributed by atoms with Crippen molar-refractivity contribution in [2.45, 2.75) is 50.6 Å². The zero-order valence-corrected chi connectivity index (χ0v) is 14.6. The molecule has 130 valence electrons. The van der Waals surface area contributed by atoms with Crippen molar-refractivity contribution in [2.75, 3.05) is 6.61 Å². The van der Waals surface area contributed by atoms with Crippen LogP contribution in [0, 0.1) is 17.8 Å². The van der Waals surface area contributed by atoms with Gasteiger partial charge in [-0.1, -0.05) is 30.2 Å². The van der Waals surface area contributed by atoms with E-state index in [1.807, 2.05) is 18.2 Å². The second kappa shape index (κ2) is 6.57. The Morgan fingerprint density at radius 3 is 2.71 bits per heavy atom. The van der Waals surface area contributed by atoms with Gasteiger partial charge in [-0.3, -0.25) is 4.79 Å². The molecule has 1 amide bonds. The molecule has 0 aromatic heterocycles. The highest BCUT2D eigenvalue weighted by Crippen LogP contribution is 2.43. The number of hydrogen-bond acceptors (Lipinski definition) is 3. The predicted octanol–water partition coefficient (Wildman–Crippen LogP) is 3.43. The van der Waals surface area contributed by atoms with E-state index >= 15 is 0 Å². The molecule has 1 aromatic carbocycles. The lowest BCUT2D eigenvalue weighted by atomic mass is 9.65. The summed E-state index contributed by atoms with van der Waals surface area (Å²) in [6.07, 6.45) is 6.29. The Bertz CT molecular complexity index is 622. The summed E-state index contributed by atoms with van der Waals surface area (Å²) in [4.78, 5) is 12.9. The number of carbonyl (C=O) groups is 1. The van der Waals surface area contributed by atoms with Crippen molar-refractivity contribution in [1.82, 2.24) is 5.32 Å². The number of benzene rings is 1. The van der Waals surface area contributed by atoms with Crippen LogP contribution in [0.2, 0.25) is 5.02 Å². The summed E-state index contributed by atoms with van der Waals surface area (Å²) in [6.45, 7) is 0.586. The number of halogens is 1. The molecule has 4 nitrogen and oxygen atoms in total. The van der Waals surface area contributed by atoms with Gasteiger partial charge < -0.3 is 15.8 Å². The molecule has 1 aliphatic heterocycles. The maximum absolute atomic E-state index is 12.9. The van der Waals surface area contributed by atoms with Gasteiger partial charge in [0, 0.05) is 23.9 Å². The molecule has 2 fully saturated rings. The Morgan fingerprint density at radius 1 is 1.21 bits per heavy atom. The highest BCUT2D eigenvalue weighted by atomic mass is 35.5. The van der Waals surface area contributed by atoms with Crippen LogP contribution in [0.1, 0.15) is 50.1 Å². The van der Waals surface area contributed by atoms with E-state index in [-0.39, 0.29) is 17.9 Å². The third-order valence-electron chi connectivity index (χ3n) is 6.13. The van der Waals surface area contributed by atoms with E-state index in [0.717, 1.165) is 30.6 Å². The summed E-state index contributed by atoms with van der Waals surface area (Å²) in [7, 11) is 0. The number of hydrogen-bond donors (Lipinski definition) is 2. The number of carbonyl (C=O) groups excluding carboxylic acids is 1. The molecule has 0 radical (unpaired) electrons. The first-order valence-corrected chi connectivity index (χ1v) is 9.48. The van der Waals surface area contributed by atoms with Crippen molar-refractivity contribution in [3.63, 3.8) is 0 Å². The second-order valence-corrected chi connectivity index (χ2v) is 7.96. The van der Waals surface area contributed by atoms with Gasteiger partial charge >= 0.3 is 0 Å². The van der Waals surface area contributed by atoms with E-state index < -0.39 is 0 Å². The fourth-order valence-electron chi connectivity index (χ4n) is 4.83. The van der Waals surface area contributed by atoms with Gasteiger partial charge in [-0.05, 0) is 43.6 Å². The van der Waals surface area contributed by atoms with Crippen LogP contribution in [0.4, 0.5) is 0 Å². The normalized spacial score (nSPS) is 34.8. The summed E-state index contributed by atoms with van der Waals surface area (Å²) in [6, 6.07) is 6.03. The maximum atomic E-state index is 12.9. The van der Waals surface area contributed by atoms with Gasteiger partial charge in [0.25, 0.3) is 0 Å². The fraction of sp³-hybridized carbons (Fsp3) is 0.632. The summed E-state index contributed by atoms with van der Waals surface area (Å²) >= 11 is 6.22. The van der Waals surface area contributed by atoms with E-state index in [9.17, 15) is 4.79 Å². The number of para-hydroxylation sites is 1. The van der Waals surface area contributed by atoms with Crippen molar-refractivity contribution in [3.8, 4) is 5.75 Å². The maximum Gasteiger partial charge on any atom is 0.223 e. The van der Waals surface area contributed by atoms with E-state index in [0.29, 0.717) is 29.5 Å². The van der Waals surface area contributed by atoms with E-state index in [2.05, 4.69) is 5.32 Å². The number of amides is 1. The monoisotopic (exact) mass is 348 g/mol. The molecule has 0 saturated heterocycles. The molecule has 5 heteroatoms. The molecule has 1 aromatic rings. The molecule has 24 heavy (non-hydrogen) atoms. The van der Waals surface area contributed by atoms with Gasteiger partial charge in [-0.2, -0.15) is 0 Å². The smallest absolute Gasteiger partial charge is 0.223 e. The Labute approximate surface area is 148 Å². The van der Waals surface area contributed by atoms with Gasteiger partial charge in [0.1, 0.15) is 5.75 Å². The number of nitrogens with two attached hydrogens (primary N) is 1. The first-order chi connectivity index (χ1) is 11.6. The van der Waals surface area contributed by atoms with Crippen molar-refractivity contribution < 1.29 is 9.53 Å². The molecule has 3 atom stereocenters. The lowest BCUT2D eigenvalue weighted by Crippen LogP contribution is -2.49. The minimum atomic E-state index is -0.00427. The molecule has 2 aliphatic carbocycles. The van der Waals surface area contributed by atoms with Crippen LogP contribution in [-0.2, 0) is 4.79 Å². The van der Waals surface area contributed by atoms with Crippen LogP contribution >= 0.6 is 11.6 Å². The quantitative estimate of drug-likeness (QED) is 0.860. The van der Waals surface area contributed by atoms with Gasteiger partial charge in [-0.15, -0.1) is 0 Å². The molecule has 2 saturated carbocycles. The Kier molecular flexibility index (Phi) is 4.44. The van der Waals surface area contributed by atoms with Crippen LogP contribution in [0.5, 0.6) is 5.75 Å². The molecule has 0 spiro atoms. The summed E-state index contributed by atoms with van der Waals surface area (Å²) in [5, 5.41) is 3.87. The Hall–Kier alpha value is -1.26. The summed E-state index contributed by atoms with van der Waals surface area (Å²) in [5.41, 5.74) is 7.34. The third-order valence-corrected chi connectivity index (χ3v) is 6.42. The first kappa shape index (κ1) is 16.2. The Balaban J connectivity index is 1.47. The van der Waals surface area contributed by atoms with Crippen LogP contribution < -0.4 is 15.8 Å². The van der Waals surface area contributed by atoms with E-state index in [4.69, 9.17) is 22.1 Å². The van der Waals surface area contributed by atoms with Gasteiger partial charge in [-0.25, -0.2) is 0 Å². The highest BCUT2D eigenvalue weighted by molar-refractivity contribution is 6.32. The lowest BCUT2D eigenvalue weighted by molar-refractivity contribution is -0.128. The average Bonchev–Trinajstić information content (AvgIpc) is 2.55. The van der Waals surface area contributed by atoms with Crippen LogP contribution in [0.3, 0.4) is 0 Å². The first-order valence-electron chi connectivity index (χ1n) is 9.10. The van der Waals surface area contributed by atoms with Crippen molar-refractivity contribution in [3.05, 3.63) is 28.8 Å². The molecule has 3 N–H and O–H groups in total. The molecule has 3 unspecified atom stereocenters. The van der Waals surface area contributed by atoms with Crippen molar-refractivity contribution in [2.24, 2.45) is 23.5 Å². The fourth-order valence-corrected chi connectivity index (χ4v) is 5.07. The number of nitrogens with one attached hydrogen (secondary N) is 1. The SMILES string of the molecule is NC1C2CCCC1CC(C(=O)NC1CCOc3c(Cl)cccc31)C2. The molecular formula is C19H25ClN2O2. The second-order valence-electron chi connectivity index (χ2n) is 7.55. The number of ether oxygens (including phenoxy) is 1. The van der Waals surface area contributed by atoms with Crippen LogP contribution in [-0.4, -0.2) is 18.6 Å². The molecule has 2 bridgehead atoms. The number of fused-ring (bicyclic) bond motifs is 3. The zero-order valence-electron chi connectivity index (χ0n) is 13.8. The van der Waals surface area contributed by atoms with Gasteiger partial charge in [0.2, 0.25) is 5.91 Å². The topological polar surface area (TPSA) is 64.4 Å². The largest absolute Gasteiger partial charge is 0.492 e. The average molecular weight is 349 g/mol. The summed E-state index contributed by atoms with van der Waals surface area (Å²) < 4.78 is 5.69. The Morgan fingerprint density at radius 2 is 1.96 bits per heavy atom. The lowest BCUT2D eigenvalue weighted by Gasteiger charge is -2.43. The van der Waals surface area contributed by atoms with Crippen molar-refractivity contribution >= 4 is 17.5 Å². The number of rotatable bonds is 2. The minimum Gasteiger partial charge on any atom is -0.492 e. The molecular weight excluding hydrogens is 324 g/mol. The van der Waals surface area contributed by atoms with E-state index in [1.54, 1.807) is 0 Å². The minimum absolute atomic E-state index is 0.00427. The van der Waals surface area contributed by atoms with Gasteiger partial charge in [0.05, 0.1) is 17.7 Å². The van der Waals surface area contributed by atoms with Crippen LogP contribution in [0.25, 0.3) is 0 Å². The molecule has 3 aliphatic rings. The molecule has 1 heterocycles. The highest BCUT2D eigenvalue weighted by Gasteiger charge is 2.41. The standard InChI is InChI=1S/C19H25ClN2O2/c20-15-6-2-5-14-16(7-8-24-18(14)15)22-19(23)13-9-11-3-1-4-12(10-13)17(11)21/h2,5-6,11-13,16-17H,1,3-4,7-10,21H2,(H,22,23). The van der Waals surface area contributed by atoms with Crippen molar-refractivity contribution in [1.29, 1.82) is 0 Å². The predicted molar refractivity (Wildman–Crippen MR) is 94.0 cm³/mol. The van der Waals surface area contributed by atoms with Gasteiger partial charge in [0.15, 0.2) is 0 Å².